The van der Waals surface area contributed by atoms with Crippen LogP contribution in [-0.4, -0.2) is 22.2 Å². The lowest BCUT2D eigenvalue weighted by atomic mass is 10.2. The molecule has 0 aliphatic rings. The molecule has 0 aromatic carbocycles. The molecule has 0 radical (unpaired) electrons. The second kappa shape index (κ2) is 5.36. The molecular weight excluding hydrogens is 214 g/mol. The smallest absolute Gasteiger partial charge is 0.155 e. The summed E-state index contributed by atoms with van der Waals surface area (Å²) in [4.78, 5) is 6.02. The van der Waals surface area contributed by atoms with Gasteiger partial charge in [0.2, 0.25) is 0 Å². The fourth-order valence-electron chi connectivity index (χ4n) is 1.67. The van der Waals surface area contributed by atoms with Crippen molar-refractivity contribution in [1.82, 2.24) is 15.2 Å². The lowest BCUT2D eigenvalue weighted by Crippen LogP contribution is -2.20. The molecule has 2 aromatic heterocycles. The van der Waals surface area contributed by atoms with Crippen LogP contribution in [0, 0.1) is 0 Å². The molecule has 5 heteroatoms. The predicted molar refractivity (Wildman–Crippen MR) is 66.3 cm³/mol. The molecule has 0 fully saturated rings. The SMILES string of the molecule is CN(Cc1ccncc1)c1nnccc1CN. The quantitative estimate of drug-likeness (QED) is 0.846. The number of pyridine rings is 1. The molecule has 2 heterocycles. The number of rotatable bonds is 4. The standard InChI is InChI=1S/C12H15N5/c1-17(9-10-2-5-14-6-3-10)12-11(8-13)4-7-15-16-12/h2-7H,8-9,13H2,1H3. The number of hydrogen-bond acceptors (Lipinski definition) is 5. The molecule has 0 unspecified atom stereocenters. The zero-order valence-corrected chi connectivity index (χ0v) is 9.74. The van der Waals surface area contributed by atoms with Gasteiger partial charge in [0, 0.05) is 38.1 Å². The highest BCUT2D eigenvalue weighted by atomic mass is 15.2. The minimum Gasteiger partial charge on any atom is -0.354 e. The summed E-state index contributed by atoms with van der Waals surface area (Å²) in [6.45, 7) is 1.22. The molecule has 0 amide bonds. The van der Waals surface area contributed by atoms with Crippen molar-refractivity contribution < 1.29 is 0 Å². The molecule has 0 aliphatic heterocycles. The highest BCUT2D eigenvalue weighted by molar-refractivity contribution is 5.45. The van der Waals surface area contributed by atoms with E-state index in [0.717, 1.165) is 17.9 Å². The minimum absolute atomic E-state index is 0.464. The van der Waals surface area contributed by atoms with E-state index in [1.807, 2.05) is 30.1 Å². The zero-order chi connectivity index (χ0) is 12.1. The highest BCUT2D eigenvalue weighted by Crippen LogP contribution is 2.16. The topological polar surface area (TPSA) is 67.9 Å². The van der Waals surface area contributed by atoms with E-state index < -0.39 is 0 Å². The van der Waals surface area contributed by atoms with Crippen molar-refractivity contribution in [3.8, 4) is 0 Å². The summed E-state index contributed by atoms with van der Waals surface area (Å²) in [5.41, 5.74) is 7.85. The summed E-state index contributed by atoms with van der Waals surface area (Å²) in [5.74, 6) is 0.826. The Morgan fingerprint density at radius 3 is 2.65 bits per heavy atom. The van der Waals surface area contributed by atoms with Crippen LogP contribution in [0.25, 0.3) is 0 Å². The number of aromatic nitrogens is 3. The summed E-state index contributed by atoms with van der Waals surface area (Å²) in [7, 11) is 1.98. The van der Waals surface area contributed by atoms with Gasteiger partial charge in [0.25, 0.3) is 0 Å². The van der Waals surface area contributed by atoms with Crippen LogP contribution in [0.4, 0.5) is 5.82 Å². The van der Waals surface area contributed by atoms with Crippen LogP contribution in [0.1, 0.15) is 11.1 Å². The maximum Gasteiger partial charge on any atom is 0.155 e. The Kier molecular flexibility index (Phi) is 3.62. The summed E-state index contributed by atoms with van der Waals surface area (Å²) >= 11 is 0. The van der Waals surface area contributed by atoms with Crippen LogP contribution in [-0.2, 0) is 13.1 Å². The molecule has 0 atom stereocenters. The van der Waals surface area contributed by atoms with Crippen molar-refractivity contribution in [2.45, 2.75) is 13.1 Å². The number of nitrogens with zero attached hydrogens (tertiary/aromatic N) is 4. The Morgan fingerprint density at radius 2 is 1.94 bits per heavy atom. The van der Waals surface area contributed by atoms with Gasteiger partial charge in [-0.15, -0.1) is 5.10 Å². The van der Waals surface area contributed by atoms with Crippen LogP contribution in [0.5, 0.6) is 0 Å². The lowest BCUT2D eigenvalue weighted by Gasteiger charge is -2.19. The Morgan fingerprint density at radius 1 is 1.18 bits per heavy atom. The fourth-order valence-corrected chi connectivity index (χ4v) is 1.67. The monoisotopic (exact) mass is 229 g/mol. The maximum absolute atomic E-state index is 5.68. The van der Waals surface area contributed by atoms with Crippen LogP contribution >= 0.6 is 0 Å². The van der Waals surface area contributed by atoms with E-state index in [1.165, 1.54) is 5.56 Å². The number of hydrogen-bond donors (Lipinski definition) is 1. The summed E-state index contributed by atoms with van der Waals surface area (Å²) in [6.07, 6.45) is 5.22. The molecule has 0 saturated carbocycles. The van der Waals surface area contributed by atoms with Crippen molar-refractivity contribution >= 4 is 5.82 Å². The first kappa shape index (κ1) is 11.5. The molecule has 2 N–H and O–H groups in total. The zero-order valence-electron chi connectivity index (χ0n) is 9.74. The number of anilines is 1. The molecular formula is C12H15N5. The van der Waals surface area contributed by atoms with Crippen molar-refractivity contribution in [2.24, 2.45) is 5.73 Å². The first-order chi connectivity index (χ1) is 8.31. The van der Waals surface area contributed by atoms with E-state index in [-0.39, 0.29) is 0 Å². The first-order valence-electron chi connectivity index (χ1n) is 5.42. The highest BCUT2D eigenvalue weighted by Gasteiger charge is 2.08. The van der Waals surface area contributed by atoms with Gasteiger partial charge in [-0.3, -0.25) is 4.98 Å². The molecule has 0 aliphatic carbocycles. The van der Waals surface area contributed by atoms with Gasteiger partial charge in [-0.25, -0.2) is 0 Å². The van der Waals surface area contributed by atoms with E-state index in [2.05, 4.69) is 15.2 Å². The van der Waals surface area contributed by atoms with Gasteiger partial charge in [0.1, 0.15) is 0 Å². The van der Waals surface area contributed by atoms with Gasteiger partial charge in [-0.1, -0.05) is 0 Å². The second-order valence-corrected chi connectivity index (χ2v) is 3.80. The molecule has 0 spiro atoms. The van der Waals surface area contributed by atoms with Crippen molar-refractivity contribution in [1.29, 1.82) is 0 Å². The third-order valence-electron chi connectivity index (χ3n) is 2.53. The van der Waals surface area contributed by atoms with Crippen LogP contribution < -0.4 is 10.6 Å². The predicted octanol–water partition coefficient (Wildman–Crippen LogP) is 0.967. The third kappa shape index (κ3) is 2.76. The second-order valence-electron chi connectivity index (χ2n) is 3.80. The Labute approximate surface area is 100 Å². The largest absolute Gasteiger partial charge is 0.354 e. The van der Waals surface area contributed by atoms with Crippen LogP contribution in [0.2, 0.25) is 0 Å². The van der Waals surface area contributed by atoms with Gasteiger partial charge in [-0.2, -0.15) is 5.10 Å². The maximum atomic E-state index is 5.68. The van der Waals surface area contributed by atoms with Gasteiger partial charge < -0.3 is 10.6 Å². The third-order valence-corrected chi connectivity index (χ3v) is 2.53. The van der Waals surface area contributed by atoms with Crippen molar-refractivity contribution in [3.05, 3.63) is 47.9 Å². The van der Waals surface area contributed by atoms with E-state index in [0.29, 0.717) is 6.54 Å². The molecule has 5 nitrogen and oxygen atoms in total. The lowest BCUT2D eigenvalue weighted by molar-refractivity contribution is 0.841. The minimum atomic E-state index is 0.464. The molecule has 17 heavy (non-hydrogen) atoms. The van der Waals surface area contributed by atoms with Gasteiger partial charge in [0.15, 0.2) is 5.82 Å². The van der Waals surface area contributed by atoms with Gasteiger partial charge >= 0.3 is 0 Å². The van der Waals surface area contributed by atoms with Crippen LogP contribution in [0.15, 0.2) is 36.8 Å². The summed E-state index contributed by atoms with van der Waals surface area (Å²) in [6, 6.07) is 5.86. The van der Waals surface area contributed by atoms with E-state index >= 15 is 0 Å². The molecule has 2 aromatic rings. The van der Waals surface area contributed by atoms with E-state index in [9.17, 15) is 0 Å². The Balaban J connectivity index is 2.17. The summed E-state index contributed by atoms with van der Waals surface area (Å²) in [5, 5.41) is 8.02. The molecule has 0 saturated heterocycles. The van der Waals surface area contributed by atoms with E-state index in [1.54, 1.807) is 18.6 Å². The molecule has 2 rings (SSSR count). The molecule has 88 valence electrons. The average Bonchev–Trinajstić information content (AvgIpc) is 2.40. The average molecular weight is 229 g/mol. The normalized spacial score (nSPS) is 10.2. The van der Waals surface area contributed by atoms with Gasteiger partial charge in [0.05, 0.1) is 6.20 Å². The molecule has 0 bridgehead atoms. The Bertz CT molecular complexity index is 471. The van der Waals surface area contributed by atoms with E-state index in [4.69, 9.17) is 5.73 Å². The summed E-state index contributed by atoms with van der Waals surface area (Å²) < 4.78 is 0. The Hall–Kier alpha value is -2.01. The number of nitrogens with two attached hydrogens (primary N) is 1. The van der Waals surface area contributed by atoms with Crippen molar-refractivity contribution in [3.63, 3.8) is 0 Å². The van der Waals surface area contributed by atoms with Crippen LogP contribution in [0.3, 0.4) is 0 Å². The fraction of sp³-hybridized carbons (Fsp3) is 0.250. The van der Waals surface area contributed by atoms with Gasteiger partial charge in [-0.05, 0) is 23.8 Å². The van der Waals surface area contributed by atoms with Crippen molar-refractivity contribution in [2.75, 3.05) is 11.9 Å². The first-order valence-corrected chi connectivity index (χ1v) is 5.42.